The predicted octanol–water partition coefficient (Wildman–Crippen LogP) is 2.09. The molecule has 2 atom stereocenters. The smallest absolute Gasteiger partial charge is 0.330 e. The zero-order chi connectivity index (χ0) is 17.6. The Hall–Kier alpha value is 0.530. The van der Waals surface area contributed by atoms with E-state index < -0.39 is 15.6 Å². The lowest BCUT2D eigenvalue weighted by atomic mass is 10.2. The Morgan fingerprint density at radius 2 is 1.17 bits per heavy atom. The van der Waals surface area contributed by atoms with Crippen LogP contribution in [0.3, 0.4) is 0 Å². The fourth-order valence-corrected chi connectivity index (χ4v) is 3.01. The summed E-state index contributed by atoms with van der Waals surface area (Å²) in [6, 6.07) is 0. The van der Waals surface area contributed by atoms with Crippen molar-refractivity contribution in [1.82, 2.24) is 0 Å². The minimum Gasteiger partial charge on any atom is -0.330 e. The quantitative estimate of drug-likeness (QED) is 0.176. The highest BCUT2D eigenvalue weighted by Gasteiger charge is 2.23. The van der Waals surface area contributed by atoms with Gasteiger partial charge in [0.05, 0.1) is 26.4 Å². The average molecular weight is 395 g/mol. The predicted molar refractivity (Wildman–Crippen MR) is 89.5 cm³/mol. The zero-order valence-corrected chi connectivity index (χ0v) is 15.7. The van der Waals surface area contributed by atoms with Crippen LogP contribution in [0.5, 0.6) is 0 Å². The highest BCUT2D eigenvalue weighted by molar-refractivity contribution is 7.80. The minimum atomic E-state index is -4.18. The van der Waals surface area contributed by atoms with Crippen LogP contribution in [0.4, 0.5) is 0 Å². The molecule has 0 aliphatic rings. The third-order valence-corrected chi connectivity index (χ3v) is 4.85. The van der Waals surface area contributed by atoms with Gasteiger partial charge in [-0.05, 0) is 31.6 Å². The van der Waals surface area contributed by atoms with Gasteiger partial charge in [-0.3, -0.25) is 18.1 Å². The molecule has 0 saturated carbocycles. The maximum absolute atomic E-state index is 11.5. The van der Waals surface area contributed by atoms with Crippen molar-refractivity contribution in [3.05, 3.63) is 0 Å². The van der Waals surface area contributed by atoms with Crippen molar-refractivity contribution in [2.45, 2.75) is 32.1 Å². The molecule has 9 nitrogen and oxygen atoms in total. The molecule has 0 aromatic heterocycles. The molecule has 12 heteroatoms. The van der Waals surface area contributed by atoms with Crippen LogP contribution in [-0.2, 0) is 27.2 Å². The molecule has 0 bridgehead atoms. The van der Waals surface area contributed by atoms with Crippen LogP contribution in [0, 0.1) is 0 Å². The Kier molecular flexibility index (Phi) is 14.1. The van der Waals surface area contributed by atoms with Crippen LogP contribution in [0.25, 0.3) is 0 Å². The Balaban J connectivity index is 3.72. The van der Waals surface area contributed by atoms with Gasteiger partial charge in [-0.2, -0.15) is 12.6 Å². The lowest BCUT2D eigenvalue weighted by Gasteiger charge is -2.14. The summed E-state index contributed by atoms with van der Waals surface area (Å²) in [5, 5.41) is 0. The number of phosphoric ester groups is 2. The highest BCUT2D eigenvalue weighted by Crippen LogP contribution is 2.45. The summed E-state index contributed by atoms with van der Waals surface area (Å²) in [7, 11) is -8.36. The Morgan fingerprint density at radius 1 is 0.739 bits per heavy atom. The highest BCUT2D eigenvalue weighted by atomic mass is 32.1. The maximum atomic E-state index is 11.5. The van der Waals surface area contributed by atoms with E-state index in [0.717, 1.165) is 19.3 Å². The molecule has 0 rings (SSSR count). The minimum absolute atomic E-state index is 0.0316. The lowest BCUT2D eigenvalue weighted by molar-refractivity contribution is 0.102. The van der Waals surface area contributed by atoms with Gasteiger partial charge in [-0.15, -0.1) is 0 Å². The second kappa shape index (κ2) is 13.8. The molecule has 0 amide bonds. The molecule has 2 unspecified atom stereocenters. The van der Waals surface area contributed by atoms with Gasteiger partial charge >= 0.3 is 15.6 Å². The largest absolute Gasteiger partial charge is 0.472 e. The number of hydrogen-bond acceptors (Lipinski definition) is 8. The second-order valence-corrected chi connectivity index (χ2v) is 7.90. The van der Waals surface area contributed by atoms with E-state index in [9.17, 15) is 18.9 Å². The van der Waals surface area contributed by atoms with Crippen molar-refractivity contribution in [3.63, 3.8) is 0 Å². The number of unbranched alkanes of at least 4 members (excludes halogenated alkanes) is 3. The molecule has 23 heavy (non-hydrogen) atoms. The van der Waals surface area contributed by atoms with E-state index in [0.29, 0.717) is 25.1 Å². The van der Waals surface area contributed by atoms with Crippen molar-refractivity contribution in [3.8, 4) is 0 Å². The standard InChI is InChI=1S/C11H27NO8P2S/c12-6-3-1-2-4-7-17-21(13,14)19-9-10-20-22(15,16)18-8-5-11-23/h23H,1-12H2,(H,13,14)(H,15,16). The number of thiol groups is 1. The van der Waals surface area contributed by atoms with Crippen molar-refractivity contribution in [2.75, 3.05) is 38.7 Å². The molecule has 0 saturated heterocycles. The number of hydrogen-bond donors (Lipinski definition) is 4. The van der Waals surface area contributed by atoms with Crippen LogP contribution >= 0.6 is 28.3 Å². The molecule has 0 radical (unpaired) electrons. The van der Waals surface area contributed by atoms with Gasteiger partial charge in [0.25, 0.3) is 0 Å². The fourth-order valence-electron chi connectivity index (χ4n) is 1.40. The summed E-state index contributed by atoms with van der Waals surface area (Å²) in [6.45, 7) is -0.00947. The molecule has 140 valence electrons. The molecule has 0 fully saturated rings. The Morgan fingerprint density at radius 3 is 1.65 bits per heavy atom. The summed E-state index contributed by atoms with van der Waals surface area (Å²) in [5.74, 6) is 0.514. The van der Waals surface area contributed by atoms with Crippen LogP contribution in [-0.4, -0.2) is 48.5 Å². The van der Waals surface area contributed by atoms with Gasteiger partial charge in [-0.25, -0.2) is 9.13 Å². The first kappa shape index (κ1) is 23.5. The lowest BCUT2D eigenvalue weighted by Crippen LogP contribution is -2.06. The maximum Gasteiger partial charge on any atom is 0.472 e. The van der Waals surface area contributed by atoms with E-state index in [2.05, 4.69) is 26.2 Å². The van der Waals surface area contributed by atoms with Gasteiger partial charge in [-0.1, -0.05) is 12.8 Å². The monoisotopic (exact) mass is 395 g/mol. The van der Waals surface area contributed by atoms with Crippen LogP contribution in [0.15, 0.2) is 0 Å². The summed E-state index contributed by atoms with van der Waals surface area (Å²) in [6.07, 6.45) is 3.80. The summed E-state index contributed by atoms with van der Waals surface area (Å²) in [5.41, 5.74) is 5.35. The molecule has 0 heterocycles. The third kappa shape index (κ3) is 15.8. The summed E-state index contributed by atoms with van der Waals surface area (Å²) in [4.78, 5) is 18.7. The van der Waals surface area contributed by atoms with Crippen LogP contribution < -0.4 is 5.73 Å². The van der Waals surface area contributed by atoms with Gasteiger partial charge in [0, 0.05) is 0 Å². The molecule has 0 aliphatic heterocycles. The van der Waals surface area contributed by atoms with Crippen molar-refractivity contribution >= 4 is 28.3 Å². The number of rotatable bonds is 16. The molecule has 0 aromatic carbocycles. The van der Waals surface area contributed by atoms with Gasteiger partial charge in [0.2, 0.25) is 0 Å². The van der Waals surface area contributed by atoms with E-state index in [1.54, 1.807) is 0 Å². The Bertz CT molecular complexity index is 387. The first-order chi connectivity index (χ1) is 10.8. The number of phosphoric acid groups is 2. The van der Waals surface area contributed by atoms with E-state index >= 15 is 0 Å². The first-order valence-electron chi connectivity index (χ1n) is 7.37. The SMILES string of the molecule is NCCCCCCOP(=O)(O)OCCOP(=O)(O)OCCCS. The van der Waals surface area contributed by atoms with Gasteiger partial charge in [0.15, 0.2) is 0 Å². The molecule has 0 aliphatic carbocycles. The second-order valence-electron chi connectivity index (χ2n) is 4.55. The van der Waals surface area contributed by atoms with Crippen LogP contribution in [0.2, 0.25) is 0 Å². The number of nitrogens with two attached hydrogens (primary N) is 1. The normalized spacial score (nSPS) is 16.9. The molecule has 0 spiro atoms. The summed E-state index contributed by atoms with van der Waals surface area (Å²) < 4.78 is 41.5. The van der Waals surface area contributed by atoms with Gasteiger partial charge in [0.1, 0.15) is 0 Å². The van der Waals surface area contributed by atoms with Crippen molar-refractivity contribution in [1.29, 1.82) is 0 Å². The average Bonchev–Trinajstić information content (AvgIpc) is 2.47. The summed E-state index contributed by atoms with van der Waals surface area (Å²) >= 11 is 3.93. The van der Waals surface area contributed by atoms with Crippen molar-refractivity contribution < 1.29 is 37.0 Å². The Labute approximate surface area is 142 Å². The van der Waals surface area contributed by atoms with E-state index in [1.807, 2.05) is 0 Å². The first-order valence-corrected chi connectivity index (χ1v) is 11.0. The van der Waals surface area contributed by atoms with Gasteiger partial charge < -0.3 is 15.5 Å². The van der Waals surface area contributed by atoms with E-state index in [4.69, 9.17) is 10.3 Å². The van der Waals surface area contributed by atoms with E-state index in [-0.39, 0.29) is 26.4 Å². The molecular weight excluding hydrogens is 368 g/mol. The van der Waals surface area contributed by atoms with E-state index in [1.165, 1.54) is 0 Å². The van der Waals surface area contributed by atoms with Crippen molar-refractivity contribution in [2.24, 2.45) is 5.73 Å². The molecule has 0 aromatic rings. The topological polar surface area (TPSA) is 138 Å². The van der Waals surface area contributed by atoms with Crippen LogP contribution in [0.1, 0.15) is 32.1 Å². The molecule has 4 N–H and O–H groups in total. The fraction of sp³-hybridized carbons (Fsp3) is 1.00. The molecular formula is C11H27NO8P2S. The third-order valence-electron chi connectivity index (χ3n) is 2.50. The zero-order valence-electron chi connectivity index (χ0n) is 13.0.